The number of nitrogens with zero attached hydrogens (tertiary/aromatic N) is 4. The standard InChI is InChI=1S/C26H27F2N5O2/c1-14-7-15(8-22(29)26(14)34)19-5-6-30-12-16(19)9-24-31-13-17-3-4-23(32-33(17)24)25-20(27)10-18(35-2)11-21(25)28/h3-6,10-15,22,26,34H,7-9,29H2,1-2H3/t14-,15+,22+,26-/m0/s1. The lowest BCUT2D eigenvalue weighted by Gasteiger charge is -2.36. The van der Waals surface area contributed by atoms with E-state index in [1.165, 1.54) is 7.11 Å². The van der Waals surface area contributed by atoms with Crippen molar-refractivity contribution in [1.82, 2.24) is 19.6 Å². The second-order valence-corrected chi connectivity index (χ2v) is 9.25. The van der Waals surface area contributed by atoms with Crippen LogP contribution in [0.25, 0.3) is 16.8 Å². The molecule has 182 valence electrons. The Hall–Kier alpha value is -3.43. The SMILES string of the molecule is COc1cc(F)c(-c2ccc3cnc(Cc4cnccc4[C@H]4C[C@@H](N)[C@@H](O)[C@@H](C)C4)n3n2)c(F)c1. The summed E-state index contributed by atoms with van der Waals surface area (Å²) in [4.78, 5) is 8.84. The Morgan fingerprint density at radius 2 is 1.91 bits per heavy atom. The van der Waals surface area contributed by atoms with Crippen molar-refractivity contribution in [3.63, 3.8) is 0 Å². The van der Waals surface area contributed by atoms with E-state index in [0.717, 1.165) is 29.7 Å². The minimum absolute atomic E-state index is 0.0931. The van der Waals surface area contributed by atoms with Gasteiger partial charge in [-0.05, 0) is 54.0 Å². The average molecular weight is 480 g/mol. The van der Waals surface area contributed by atoms with Crippen LogP contribution in [0, 0.1) is 17.6 Å². The molecule has 35 heavy (non-hydrogen) atoms. The van der Waals surface area contributed by atoms with E-state index in [0.29, 0.717) is 24.2 Å². The van der Waals surface area contributed by atoms with Crippen molar-refractivity contribution >= 4 is 5.52 Å². The highest BCUT2D eigenvalue weighted by Crippen LogP contribution is 2.37. The van der Waals surface area contributed by atoms with Crippen molar-refractivity contribution in [3.05, 3.63) is 77.5 Å². The second kappa shape index (κ2) is 9.31. The first-order valence-corrected chi connectivity index (χ1v) is 11.6. The number of methoxy groups -OCH3 is 1. The summed E-state index contributed by atoms with van der Waals surface area (Å²) in [6.45, 7) is 2.02. The van der Waals surface area contributed by atoms with Crippen molar-refractivity contribution in [3.8, 4) is 17.0 Å². The minimum Gasteiger partial charge on any atom is -0.497 e. The zero-order valence-electron chi connectivity index (χ0n) is 19.5. The van der Waals surface area contributed by atoms with Gasteiger partial charge in [0.15, 0.2) is 0 Å². The largest absolute Gasteiger partial charge is 0.497 e. The third kappa shape index (κ3) is 4.37. The lowest BCUT2D eigenvalue weighted by Crippen LogP contribution is -2.44. The molecular weight excluding hydrogens is 452 g/mol. The fraction of sp³-hybridized carbons (Fsp3) is 0.346. The lowest BCUT2D eigenvalue weighted by atomic mass is 9.74. The fourth-order valence-electron chi connectivity index (χ4n) is 5.08. The van der Waals surface area contributed by atoms with Crippen LogP contribution in [0.15, 0.2) is 48.9 Å². The number of rotatable bonds is 5. The van der Waals surface area contributed by atoms with E-state index in [1.54, 1.807) is 29.0 Å². The quantitative estimate of drug-likeness (QED) is 0.451. The maximum Gasteiger partial charge on any atom is 0.139 e. The molecule has 0 unspecified atom stereocenters. The van der Waals surface area contributed by atoms with Gasteiger partial charge in [-0.3, -0.25) is 4.98 Å². The molecule has 1 aromatic carbocycles. The van der Waals surface area contributed by atoms with Crippen LogP contribution in [0.5, 0.6) is 5.75 Å². The number of imidazole rings is 1. The van der Waals surface area contributed by atoms with Crippen LogP contribution in [0.3, 0.4) is 0 Å². The number of fused-ring (bicyclic) bond motifs is 1. The van der Waals surface area contributed by atoms with Crippen molar-refractivity contribution in [1.29, 1.82) is 0 Å². The third-order valence-electron chi connectivity index (χ3n) is 6.93. The molecule has 0 amide bonds. The number of aliphatic hydroxyl groups excluding tert-OH is 1. The lowest BCUT2D eigenvalue weighted by molar-refractivity contribution is 0.0519. The third-order valence-corrected chi connectivity index (χ3v) is 6.93. The van der Waals surface area contributed by atoms with Crippen LogP contribution in [0.4, 0.5) is 8.78 Å². The Labute approximate surface area is 201 Å². The minimum atomic E-state index is -0.755. The molecule has 0 aliphatic heterocycles. The predicted octanol–water partition coefficient (Wildman–Crippen LogP) is 3.87. The van der Waals surface area contributed by atoms with Crippen LogP contribution in [-0.2, 0) is 6.42 Å². The Morgan fingerprint density at radius 1 is 1.14 bits per heavy atom. The number of hydrogen-bond acceptors (Lipinski definition) is 6. The van der Waals surface area contributed by atoms with Crippen molar-refractivity contribution in [2.45, 2.75) is 44.2 Å². The maximum absolute atomic E-state index is 14.7. The van der Waals surface area contributed by atoms with E-state index in [4.69, 9.17) is 10.5 Å². The Morgan fingerprint density at radius 3 is 2.63 bits per heavy atom. The van der Waals surface area contributed by atoms with E-state index in [-0.39, 0.29) is 34.9 Å². The molecule has 1 fully saturated rings. The first-order valence-electron chi connectivity index (χ1n) is 11.6. The molecule has 0 spiro atoms. The summed E-state index contributed by atoms with van der Waals surface area (Å²) in [7, 11) is 1.35. The number of nitrogens with two attached hydrogens (primary N) is 1. The molecule has 3 aromatic heterocycles. The highest BCUT2D eigenvalue weighted by atomic mass is 19.1. The molecule has 1 aliphatic rings. The summed E-state index contributed by atoms with van der Waals surface area (Å²) in [6, 6.07) is 7.28. The van der Waals surface area contributed by atoms with Crippen LogP contribution in [0.2, 0.25) is 0 Å². The number of aliphatic hydroxyl groups is 1. The topological polar surface area (TPSA) is 98.6 Å². The molecule has 4 atom stereocenters. The van der Waals surface area contributed by atoms with Crippen LogP contribution < -0.4 is 10.5 Å². The first-order chi connectivity index (χ1) is 16.9. The Kier molecular flexibility index (Phi) is 6.21. The van der Waals surface area contributed by atoms with E-state index in [9.17, 15) is 13.9 Å². The number of halogens is 2. The van der Waals surface area contributed by atoms with Gasteiger partial charge in [-0.2, -0.15) is 5.10 Å². The summed E-state index contributed by atoms with van der Waals surface area (Å²) in [5.74, 6) is -0.501. The van der Waals surface area contributed by atoms with Gasteiger partial charge in [-0.25, -0.2) is 18.3 Å². The van der Waals surface area contributed by atoms with Crippen molar-refractivity contribution in [2.24, 2.45) is 11.7 Å². The highest BCUT2D eigenvalue weighted by molar-refractivity contribution is 5.63. The van der Waals surface area contributed by atoms with E-state index < -0.39 is 17.7 Å². The van der Waals surface area contributed by atoms with Crippen LogP contribution >= 0.6 is 0 Å². The second-order valence-electron chi connectivity index (χ2n) is 9.25. The first kappa shape index (κ1) is 23.3. The molecule has 7 nitrogen and oxygen atoms in total. The predicted molar refractivity (Wildman–Crippen MR) is 127 cm³/mol. The van der Waals surface area contributed by atoms with Gasteiger partial charge >= 0.3 is 0 Å². The summed E-state index contributed by atoms with van der Waals surface area (Å²) in [5, 5.41) is 14.8. The van der Waals surface area contributed by atoms with Crippen molar-refractivity contribution < 1.29 is 18.6 Å². The summed E-state index contributed by atoms with van der Waals surface area (Å²) in [6.07, 6.45) is 6.69. The molecule has 1 aliphatic carbocycles. The number of ether oxygens (including phenoxy) is 1. The molecule has 3 heterocycles. The molecular formula is C26H27F2N5O2. The van der Waals surface area contributed by atoms with E-state index in [1.807, 2.05) is 19.2 Å². The molecule has 1 saturated carbocycles. The molecule has 3 N–H and O–H groups in total. The van der Waals surface area contributed by atoms with Gasteiger partial charge in [-0.15, -0.1) is 0 Å². The van der Waals surface area contributed by atoms with Gasteiger partial charge in [0, 0.05) is 37.0 Å². The molecule has 5 rings (SSSR count). The van der Waals surface area contributed by atoms with Gasteiger partial charge in [0.2, 0.25) is 0 Å². The normalized spacial score (nSPS) is 22.5. The fourth-order valence-corrected chi connectivity index (χ4v) is 5.08. The van der Waals surface area contributed by atoms with Gasteiger partial charge in [-0.1, -0.05) is 6.92 Å². The average Bonchev–Trinajstić information content (AvgIpc) is 3.24. The van der Waals surface area contributed by atoms with Gasteiger partial charge in [0.25, 0.3) is 0 Å². The number of hydrogen-bond donors (Lipinski definition) is 2. The summed E-state index contributed by atoms with van der Waals surface area (Å²) >= 11 is 0. The van der Waals surface area contributed by atoms with E-state index >= 15 is 0 Å². The molecule has 9 heteroatoms. The zero-order chi connectivity index (χ0) is 24.7. The zero-order valence-corrected chi connectivity index (χ0v) is 19.5. The molecule has 4 aromatic rings. The molecule has 0 radical (unpaired) electrons. The Bertz CT molecular complexity index is 1340. The van der Waals surface area contributed by atoms with Gasteiger partial charge in [0.1, 0.15) is 23.2 Å². The van der Waals surface area contributed by atoms with Crippen LogP contribution in [-0.4, -0.2) is 43.9 Å². The summed E-state index contributed by atoms with van der Waals surface area (Å²) < 4.78 is 35.9. The monoisotopic (exact) mass is 479 g/mol. The summed E-state index contributed by atoms with van der Waals surface area (Å²) in [5.41, 5.74) is 8.95. The van der Waals surface area contributed by atoms with E-state index in [2.05, 4.69) is 15.1 Å². The maximum atomic E-state index is 14.7. The molecule has 0 bridgehead atoms. The van der Waals surface area contributed by atoms with Gasteiger partial charge < -0.3 is 15.6 Å². The number of pyridine rings is 1. The van der Waals surface area contributed by atoms with Crippen LogP contribution in [0.1, 0.15) is 42.6 Å². The van der Waals surface area contributed by atoms with Gasteiger partial charge in [0.05, 0.1) is 36.2 Å². The number of aromatic nitrogens is 4. The smallest absolute Gasteiger partial charge is 0.139 e. The molecule has 0 saturated heterocycles. The Balaban J connectivity index is 1.50. The van der Waals surface area contributed by atoms with Crippen molar-refractivity contribution in [2.75, 3.05) is 7.11 Å². The highest BCUT2D eigenvalue weighted by Gasteiger charge is 2.33. The number of benzene rings is 1.